The Morgan fingerprint density at radius 3 is 2.29 bits per heavy atom. The fourth-order valence-corrected chi connectivity index (χ4v) is 1.95. The van der Waals surface area contributed by atoms with Gasteiger partial charge in [0.2, 0.25) is 0 Å². The van der Waals surface area contributed by atoms with Gasteiger partial charge >= 0.3 is 5.69 Å². The van der Waals surface area contributed by atoms with Crippen LogP contribution in [0.5, 0.6) is 5.75 Å². The Balaban J connectivity index is 2.51. The van der Waals surface area contributed by atoms with Crippen LogP contribution in [-0.2, 0) is 0 Å². The highest BCUT2D eigenvalue weighted by Gasteiger charge is 2.20. The lowest BCUT2D eigenvalue weighted by molar-refractivity contribution is -0.394. The molecule has 0 amide bonds. The van der Waals surface area contributed by atoms with Crippen molar-refractivity contribution in [2.75, 3.05) is 6.61 Å². The van der Waals surface area contributed by atoms with Crippen LogP contribution in [0, 0.1) is 20.2 Å². The van der Waals surface area contributed by atoms with Crippen LogP contribution in [0.3, 0.4) is 0 Å². The molecule has 7 heteroatoms. The lowest BCUT2D eigenvalue weighted by atomic mass is 10.1. The van der Waals surface area contributed by atoms with Crippen LogP contribution in [0.15, 0.2) is 18.2 Å². The van der Waals surface area contributed by atoms with E-state index in [2.05, 4.69) is 6.92 Å². The topological polar surface area (TPSA) is 95.5 Å². The van der Waals surface area contributed by atoms with Gasteiger partial charge in [-0.2, -0.15) is 0 Å². The average Bonchev–Trinajstić information content (AvgIpc) is 2.46. The highest BCUT2D eigenvalue weighted by Crippen LogP contribution is 2.31. The van der Waals surface area contributed by atoms with Crippen molar-refractivity contribution >= 4 is 11.4 Å². The Hall–Kier alpha value is -2.18. The number of nitro groups is 2. The number of non-ortho nitro benzene ring substituents is 1. The Bertz CT molecular complexity index is 490. The molecule has 0 saturated carbocycles. The third-order valence-electron chi connectivity index (χ3n) is 3.11. The largest absolute Gasteiger partial charge is 0.487 e. The third-order valence-corrected chi connectivity index (χ3v) is 3.11. The molecular formula is C14H20N2O5. The summed E-state index contributed by atoms with van der Waals surface area (Å²) in [5, 5.41) is 21.5. The summed E-state index contributed by atoms with van der Waals surface area (Å²) in [6, 6.07) is 3.42. The second kappa shape index (κ2) is 8.89. The van der Waals surface area contributed by atoms with E-state index in [1.54, 1.807) is 0 Å². The zero-order chi connectivity index (χ0) is 15.7. The lowest BCUT2D eigenvalue weighted by Gasteiger charge is -2.06. The van der Waals surface area contributed by atoms with E-state index in [9.17, 15) is 20.2 Å². The van der Waals surface area contributed by atoms with Gasteiger partial charge in [-0.1, -0.05) is 39.0 Å². The number of unbranched alkanes of at least 4 members (excludes halogenated alkanes) is 5. The van der Waals surface area contributed by atoms with Gasteiger partial charge in [-0.3, -0.25) is 20.2 Å². The highest BCUT2D eigenvalue weighted by atomic mass is 16.6. The summed E-state index contributed by atoms with van der Waals surface area (Å²) in [7, 11) is 0. The Morgan fingerprint density at radius 2 is 1.67 bits per heavy atom. The normalized spacial score (nSPS) is 10.3. The van der Waals surface area contributed by atoms with Gasteiger partial charge in [-0.25, -0.2) is 0 Å². The van der Waals surface area contributed by atoms with Gasteiger partial charge in [0.05, 0.1) is 22.5 Å². The van der Waals surface area contributed by atoms with Crippen molar-refractivity contribution in [2.45, 2.75) is 45.4 Å². The zero-order valence-corrected chi connectivity index (χ0v) is 12.1. The molecule has 0 spiro atoms. The average molecular weight is 296 g/mol. The van der Waals surface area contributed by atoms with E-state index >= 15 is 0 Å². The predicted octanol–water partition coefficient (Wildman–Crippen LogP) is 4.24. The summed E-state index contributed by atoms with van der Waals surface area (Å²) in [6.45, 7) is 2.53. The summed E-state index contributed by atoms with van der Waals surface area (Å²) in [6.07, 6.45) is 6.55. The molecule has 1 aromatic rings. The molecular weight excluding hydrogens is 276 g/mol. The number of hydrogen-bond acceptors (Lipinski definition) is 5. The molecule has 0 aromatic heterocycles. The van der Waals surface area contributed by atoms with Crippen molar-refractivity contribution in [1.82, 2.24) is 0 Å². The molecule has 7 nitrogen and oxygen atoms in total. The molecule has 0 aliphatic rings. The quantitative estimate of drug-likeness (QED) is 0.365. The maximum absolute atomic E-state index is 10.9. The first kappa shape index (κ1) is 16.9. The van der Waals surface area contributed by atoms with Crippen molar-refractivity contribution in [1.29, 1.82) is 0 Å². The molecule has 0 atom stereocenters. The molecule has 1 rings (SSSR count). The number of rotatable bonds is 10. The minimum Gasteiger partial charge on any atom is -0.487 e. The SMILES string of the molecule is CCCCCCCCOc1ccc([N+](=O)[O-])cc1[N+](=O)[O-]. The molecule has 116 valence electrons. The van der Waals surface area contributed by atoms with E-state index in [1.165, 1.54) is 31.4 Å². The summed E-state index contributed by atoms with van der Waals surface area (Å²) < 4.78 is 5.38. The summed E-state index contributed by atoms with van der Waals surface area (Å²) >= 11 is 0. The van der Waals surface area contributed by atoms with E-state index < -0.39 is 9.85 Å². The highest BCUT2D eigenvalue weighted by molar-refractivity contribution is 5.53. The smallest absolute Gasteiger partial charge is 0.317 e. The monoisotopic (exact) mass is 296 g/mol. The summed E-state index contributed by atoms with van der Waals surface area (Å²) in [5.74, 6) is 0.0826. The van der Waals surface area contributed by atoms with Gasteiger partial charge in [0, 0.05) is 6.07 Å². The molecule has 0 heterocycles. The summed E-state index contributed by atoms with van der Waals surface area (Å²) in [4.78, 5) is 20.2. The van der Waals surface area contributed by atoms with Crippen molar-refractivity contribution in [2.24, 2.45) is 0 Å². The number of ether oxygens (including phenoxy) is 1. The van der Waals surface area contributed by atoms with Gasteiger partial charge in [0.15, 0.2) is 5.75 Å². The van der Waals surface area contributed by atoms with Crippen LogP contribution in [-0.4, -0.2) is 16.5 Å². The van der Waals surface area contributed by atoms with Crippen molar-refractivity contribution < 1.29 is 14.6 Å². The molecule has 21 heavy (non-hydrogen) atoms. The van der Waals surface area contributed by atoms with Crippen LogP contribution in [0.1, 0.15) is 45.4 Å². The van der Waals surface area contributed by atoms with Gasteiger partial charge in [-0.05, 0) is 12.5 Å². The van der Waals surface area contributed by atoms with E-state index in [1.807, 2.05) is 0 Å². The standard InChI is InChI=1S/C14H20N2O5/c1-2-3-4-5-6-7-10-21-14-9-8-12(15(17)18)11-13(14)16(19)20/h8-9,11H,2-7,10H2,1H3. The first-order chi connectivity index (χ1) is 10.1. The molecule has 0 bridgehead atoms. The van der Waals surface area contributed by atoms with Crippen LogP contribution < -0.4 is 4.74 Å². The van der Waals surface area contributed by atoms with Crippen molar-refractivity contribution in [3.05, 3.63) is 38.4 Å². The lowest BCUT2D eigenvalue weighted by Crippen LogP contribution is -2.01. The molecule has 0 unspecified atom stereocenters. The first-order valence-corrected chi connectivity index (χ1v) is 7.12. The third kappa shape index (κ3) is 5.76. The zero-order valence-electron chi connectivity index (χ0n) is 12.1. The molecule has 0 radical (unpaired) electrons. The van der Waals surface area contributed by atoms with E-state index in [0.29, 0.717) is 6.61 Å². The Labute approximate surface area is 123 Å². The molecule has 0 aliphatic carbocycles. The molecule has 0 N–H and O–H groups in total. The van der Waals surface area contributed by atoms with Crippen LogP contribution in [0.4, 0.5) is 11.4 Å². The van der Waals surface area contributed by atoms with E-state index in [0.717, 1.165) is 25.3 Å². The van der Waals surface area contributed by atoms with Gasteiger partial charge in [0.1, 0.15) is 0 Å². The minimum atomic E-state index is -0.663. The second-order valence-electron chi connectivity index (χ2n) is 4.78. The molecule has 1 aromatic carbocycles. The molecule has 0 fully saturated rings. The van der Waals surface area contributed by atoms with Crippen molar-refractivity contribution in [3.8, 4) is 5.75 Å². The second-order valence-corrected chi connectivity index (χ2v) is 4.78. The van der Waals surface area contributed by atoms with E-state index in [4.69, 9.17) is 4.74 Å². The maximum atomic E-state index is 10.9. The molecule has 0 saturated heterocycles. The molecule has 0 aliphatic heterocycles. The Kier molecular flexibility index (Phi) is 7.14. The fraction of sp³-hybridized carbons (Fsp3) is 0.571. The predicted molar refractivity (Wildman–Crippen MR) is 78.6 cm³/mol. The number of nitro benzene ring substituents is 2. The fourth-order valence-electron chi connectivity index (χ4n) is 1.95. The number of hydrogen-bond donors (Lipinski definition) is 0. The minimum absolute atomic E-state index is 0.0826. The first-order valence-electron chi connectivity index (χ1n) is 7.12. The van der Waals surface area contributed by atoms with Crippen LogP contribution in [0.2, 0.25) is 0 Å². The number of nitrogens with zero attached hydrogens (tertiary/aromatic N) is 2. The van der Waals surface area contributed by atoms with E-state index in [-0.39, 0.29) is 17.1 Å². The maximum Gasteiger partial charge on any atom is 0.317 e. The summed E-state index contributed by atoms with van der Waals surface area (Å²) in [5.41, 5.74) is -0.677. The Morgan fingerprint density at radius 1 is 1.00 bits per heavy atom. The van der Waals surface area contributed by atoms with Gasteiger partial charge in [0.25, 0.3) is 5.69 Å². The number of benzene rings is 1. The van der Waals surface area contributed by atoms with Gasteiger partial charge < -0.3 is 4.74 Å². The van der Waals surface area contributed by atoms with Crippen LogP contribution >= 0.6 is 0 Å². The van der Waals surface area contributed by atoms with Gasteiger partial charge in [-0.15, -0.1) is 0 Å². The van der Waals surface area contributed by atoms with Crippen LogP contribution in [0.25, 0.3) is 0 Å². The van der Waals surface area contributed by atoms with Crippen molar-refractivity contribution in [3.63, 3.8) is 0 Å².